The summed E-state index contributed by atoms with van der Waals surface area (Å²) in [5.41, 5.74) is 0.0415. The lowest BCUT2D eigenvalue weighted by atomic mass is 9.90. The lowest BCUT2D eigenvalue weighted by Crippen LogP contribution is -2.57. The van der Waals surface area contributed by atoms with Crippen LogP contribution in [0.5, 0.6) is 5.75 Å². The number of para-hydroxylation sites is 1. The molecule has 0 bridgehead atoms. The van der Waals surface area contributed by atoms with Gasteiger partial charge in [0.2, 0.25) is 5.78 Å². The Morgan fingerprint density at radius 2 is 1.97 bits per heavy atom. The van der Waals surface area contributed by atoms with Gasteiger partial charge < -0.3 is 15.0 Å². The minimum Gasteiger partial charge on any atom is -0.493 e. The second-order valence-electron chi connectivity index (χ2n) is 8.54. The Balaban J connectivity index is 1.45. The number of nitrogens with zero attached hydrogens (tertiary/aromatic N) is 4. The van der Waals surface area contributed by atoms with Gasteiger partial charge in [-0.3, -0.25) is 23.8 Å². The molecule has 5 rings (SSSR count). The van der Waals surface area contributed by atoms with Crippen molar-refractivity contribution in [3.8, 4) is 5.75 Å². The Hall–Kier alpha value is -3.69. The Kier molecular flexibility index (Phi) is 5.80. The zero-order chi connectivity index (χ0) is 22.8. The molecule has 0 radical (unpaired) electrons. The number of ether oxygens (including phenoxy) is 1. The van der Waals surface area contributed by atoms with Gasteiger partial charge in [-0.05, 0) is 44.2 Å². The van der Waals surface area contributed by atoms with Crippen LogP contribution in [0.2, 0.25) is 0 Å². The van der Waals surface area contributed by atoms with E-state index in [2.05, 4.69) is 20.5 Å². The number of carbonyl (C=O) groups is 2. The molecule has 0 saturated carbocycles. The third kappa shape index (κ3) is 4.20. The van der Waals surface area contributed by atoms with Crippen LogP contribution in [0, 0.1) is 0 Å². The largest absolute Gasteiger partial charge is 0.493 e. The van der Waals surface area contributed by atoms with Crippen molar-refractivity contribution in [1.29, 1.82) is 0 Å². The highest BCUT2D eigenvalue weighted by atomic mass is 16.5. The third-order valence-corrected chi connectivity index (χ3v) is 6.43. The molecule has 1 aromatic carbocycles. The van der Waals surface area contributed by atoms with E-state index < -0.39 is 5.56 Å². The standard InChI is InChI=1S/C23H26N6O4/c30-20-15-7-3-4-10-19(15)33-12-5-1-2-9-18-17(25-20)8-6-11-29(18)22(32)16-13-28-14-24-27-23(28)26-21(16)31/h3-4,7,10,13-14,17-18H,1-2,5-6,8-9,11-12H2,(H,25,30)(H,26,27,31)/t17-,18-/m0/s1. The number of rotatable bonds is 1. The van der Waals surface area contributed by atoms with Gasteiger partial charge in [0.1, 0.15) is 17.6 Å². The fourth-order valence-corrected chi connectivity index (χ4v) is 4.78. The summed E-state index contributed by atoms with van der Waals surface area (Å²) in [5.74, 6) is 0.308. The van der Waals surface area contributed by atoms with Gasteiger partial charge in [0, 0.05) is 18.8 Å². The minimum absolute atomic E-state index is 0.0409. The zero-order valence-corrected chi connectivity index (χ0v) is 18.2. The summed E-state index contributed by atoms with van der Waals surface area (Å²) >= 11 is 0. The molecule has 10 heteroatoms. The van der Waals surface area contributed by atoms with Crippen LogP contribution in [0.4, 0.5) is 0 Å². The average molecular weight is 450 g/mol. The van der Waals surface area contributed by atoms with E-state index >= 15 is 0 Å². The van der Waals surface area contributed by atoms with E-state index in [0.29, 0.717) is 24.5 Å². The molecular formula is C23H26N6O4. The Morgan fingerprint density at radius 1 is 1.09 bits per heavy atom. The van der Waals surface area contributed by atoms with Crippen LogP contribution in [-0.4, -0.2) is 61.5 Å². The predicted molar refractivity (Wildman–Crippen MR) is 119 cm³/mol. The molecule has 33 heavy (non-hydrogen) atoms. The maximum Gasteiger partial charge on any atom is 0.265 e. The van der Waals surface area contributed by atoms with Crippen LogP contribution in [0.3, 0.4) is 0 Å². The normalized spacial score (nSPS) is 21.7. The van der Waals surface area contributed by atoms with Gasteiger partial charge in [-0.25, -0.2) is 0 Å². The average Bonchev–Trinajstić information content (AvgIpc) is 3.27. The fourth-order valence-electron chi connectivity index (χ4n) is 4.78. The SMILES string of the molecule is O=C1N[C@H]2CCCN(C(=O)c3cn4cnnc4[nH]c3=O)[C@H]2CCCCCOc2ccccc21. The second-order valence-corrected chi connectivity index (χ2v) is 8.54. The van der Waals surface area contributed by atoms with Crippen molar-refractivity contribution in [3.63, 3.8) is 0 Å². The number of hydrogen-bond donors (Lipinski definition) is 2. The van der Waals surface area contributed by atoms with E-state index in [1.807, 2.05) is 18.2 Å². The molecule has 4 heterocycles. The van der Waals surface area contributed by atoms with Gasteiger partial charge in [0.05, 0.1) is 18.2 Å². The molecule has 0 aliphatic carbocycles. The highest BCUT2D eigenvalue weighted by Gasteiger charge is 2.36. The number of nitrogens with one attached hydrogen (secondary N) is 2. The number of aromatic amines is 1. The number of likely N-dealkylation sites (tertiary alicyclic amines) is 1. The topological polar surface area (TPSA) is 122 Å². The van der Waals surface area contributed by atoms with Crippen LogP contribution in [0.25, 0.3) is 5.78 Å². The van der Waals surface area contributed by atoms with E-state index in [0.717, 1.165) is 38.5 Å². The molecule has 10 nitrogen and oxygen atoms in total. The number of fused-ring (bicyclic) bond motifs is 3. The predicted octanol–water partition coefficient (Wildman–Crippen LogP) is 1.77. The molecule has 0 unspecified atom stereocenters. The lowest BCUT2D eigenvalue weighted by molar-refractivity contribution is 0.0502. The first-order valence-corrected chi connectivity index (χ1v) is 11.4. The van der Waals surface area contributed by atoms with Crippen molar-refractivity contribution in [2.75, 3.05) is 13.2 Å². The maximum atomic E-state index is 13.5. The van der Waals surface area contributed by atoms with Gasteiger partial charge in [-0.15, -0.1) is 10.2 Å². The van der Waals surface area contributed by atoms with E-state index in [1.54, 1.807) is 11.0 Å². The summed E-state index contributed by atoms with van der Waals surface area (Å²) < 4.78 is 7.37. The first kappa shape index (κ1) is 21.2. The number of aromatic nitrogens is 4. The van der Waals surface area contributed by atoms with E-state index in [-0.39, 0.29) is 35.2 Å². The van der Waals surface area contributed by atoms with Gasteiger partial charge in [-0.1, -0.05) is 18.6 Å². The quantitative estimate of drug-likeness (QED) is 0.583. The van der Waals surface area contributed by atoms with Gasteiger partial charge in [0.25, 0.3) is 17.4 Å². The van der Waals surface area contributed by atoms with Gasteiger partial charge in [-0.2, -0.15) is 0 Å². The number of piperidine rings is 1. The van der Waals surface area contributed by atoms with E-state index in [1.165, 1.54) is 16.9 Å². The molecule has 0 spiro atoms. The molecule has 2 aromatic heterocycles. The van der Waals surface area contributed by atoms with E-state index in [9.17, 15) is 14.4 Å². The molecule has 2 aliphatic heterocycles. The van der Waals surface area contributed by atoms with Crippen LogP contribution in [-0.2, 0) is 0 Å². The Bertz CT molecular complexity index is 1230. The van der Waals surface area contributed by atoms with Crippen LogP contribution >= 0.6 is 0 Å². The Morgan fingerprint density at radius 3 is 2.88 bits per heavy atom. The number of H-pyrrole nitrogens is 1. The van der Waals surface area contributed by atoms with Crippen molar-refractivity contribution in [2.24, 2.45) is 0 Å². The summed E-state index contributed by atoms with van der Waals surface area (Å²) in [4.78, 5) is 43.6. The number of hydrogen-bond acceptors (Lipinski definition) is 6. The van der Waals surface area contributed by atoms with Crippen molar-refractivity contribution in [2.45, 2.75) is 50.6 Å². The van der Waals surface area contributed by atoms with E-state index in [4.69, 9.17) is 4.74 Å². The molecule has 3 aromatic rings. The summed E-state index contributed by atoms with van der Waals surface area (Å²) in [5, 5.41) is 10.7. The highest BCUT2D eigenvalue weighted by molar-refractivity contribution is 5.97. The molecule has 2 aliphatic rings. The molecule has 1 fully saturated rings. The number of amides is 2. The monoisotopic (exact) mass is 450 g/mol. The lowest BCUT2D eigenvalue weighted by Gasteiger charge is -2.42. The van der Waals surface area contributed by atoms with Crippen molar-refractivity contribution in [3.05, 3.63) is 58.3 Å². The summed E-state index contributed by atoms with van der Waals surface area (Å²) in [7, 11) is 0. The third-order valence-electron chi connectivity index (χ3n) is 6.43. The summed E-state index contributed by atoms with van der Waals surface area (Å²) in [6.45, 7) is 1.07. The van der Waals surface area contributed by atoms with Crippen molar-refractivity contribution < 1.29 is 14.3 Å². The Labute approximate surface area is 190 Å². The molecule has 2 amide bonds. The highest BCUT2D eigenvalue weighted by Crippen LogP contribution is 2.26. The first-order chi connectivity index (χ1) is 16.1. The molecule has 172 valence electrons. The van der Waals surface area contributed by atoms with Crippen LogP contribution in [0.1, 0.15) is 59.2 Å². The fraction of sp³-hybridized carbons (Fsp3) is 0.435. The molecule has 2 atom stereocenters. The first-order valence-electron chi connectivity index (χ1n) is 11.4. The minimum atomic E-state index is -0.495. The molecular weight excluding hydrogens is 424 g/mol. The molecule has 1 saturated heterocycles. The smallest absolute Gasteiger partial charge is 0.265 e. The molecule has 2 N–H and O–H groups in total. The number of benzene rings is 1. The second kappa shape index (κ2) is 9.05. The zero-order valence-electron chi connectivity index (χ0n) is 18.2. The van der Waals surface area contributed by atoms with Crippen LogP contribution < -0.4 is 15.6 Å². The van der Waals surface area contributed by atoms with Gasteiger partial charge in [0.15, 0.2) is 0 Å². The maximum absolute atomic E-state index is 13.5. The van der Waals surface area contributed by atoms with Crippen molar-refractivity contribution >= 4 is 17.6 Å². The summed E-state index contributed by atoms with van der Waals surface area (Å²) in [6, 6.07) is 6.83. The van der Waals surface area contributed by atoms with Crippen LogP contribution in [0.15, 0.2) is 41.6 Å². The van der Waals surface area contributed by atoms with Gasteiger partial charge >= 0.3 is 0 Å². The number of carbonyl (C=O) groups excluding carboxylic acids is 2. The van der Waals surface area contributed by atoms with Crippen molar-refractivity contribution in [1.82, 2.24) is 29.8 Å². The summed E-state index contributed by atoms with van der Waals surface area (Å²) in [6.07, 6.45) is 7.87.